The van der Waals surface area contributed by atoms with Crippen LogP contribution in [-0.4, -0.2) is 28.6 Å². The highest BCUT2D eigenvalue weighted by atomic mass is 16.5. The molecule has 0 radical (unpaired) electrons. The Morgan fingerprint density at radius 1 is 1.32 bits per heavy atom. The molecule has 19 heavy (non-hydrogen) atoms. The maximum absolute atomic E-state index is 5.70. The molecular formula is C14H20N4O. The lowest BCUT2D eigenvalue weighted by molar-refractivity contribution is 0.0655. The minimum Gasteiger partial charge on any atom is -0.375 e. The van der Waals surface area contributed by atoms with Crippen LogP contribution in [-0.2, 0) is 11.8 Å². The highest BCUT2D eigenvalue weighted by molar-refractivity contribution is 5.22. The van der Waals surface area contributed by atoms with E-state index in [0.29, 0.717) is 0 Å². The van der Waals surface area contributed by atoms with Crippen LogP contribution >= 0.6 is 0 Å². The fourth-order valence-corrected chi connectivity index (χ4v) is 2.27. The lowest BCUT2D eigenvalue weighted by atomic mass is 9.99. The summed E-state index contributed by atoms with van der Waals surface area (Å²) >= 11 is 0. The predicted octanol–water partition coefficient (Wildman–Crippen LogP) is 1.85. The van der Waals surface area contributed by atoms with E-state index in [2.05, 4.69) is 34.7 Å². The van der Waals surface area contributed by atoms with Gasteiger partial charge in [0, 0.05) is 14.2 Å². The summed E-state index contributed by atoms with van der Waals surface area (Å²) in [7, 11) is 3.62. The summed E-state index contributed by atoms with van der Waals surface area (Å²) in [5.74, 6) is 0. The van der Waals surface area contributed by atoms with E-state index in [-0.39, 0.29) is 12.1 Å². The number of ether oxygens (including phenoxy) is 1. The molecular weight excluding hydrogens is 240 g/mol. The Labute approximate surface area is 113 Å². The van der Waals surface area contributed by atoms with Gasteiger partial charge >= 0.3 is 0 Å². The van der Waals surface area contributed by atoms with Crippen molar-refractivity contribution < 1.29 is 4.74 Å². The van der Waals surface area contributed by atoms with Gasteiger partial charge in [-0.3, -0.25) is 4.68 Å². The van der Waals surface area contributed by atoms with E-state index in [1.807, 2.05) is 25.2 Å². The molecule has 2 atom stereocenters. The van der Waals surface area contributed by atoms with Crippen LogP contribution < -0.4 is 5.32 Å². The Morgan fingerprint density at radius 2 is 2.05 bits per heavy atom. The molecule has 0 aliphatic rings. The number of aromatic nitrogens is 3. The number of hydrogen-bond acceptors (Lipinski definition) is 4. The van der Waals surface area contributed by atoms with E-state index in [1.165, 1.54) is 0 Å². The number of hydrogen-bond donors (Lipinski definition) is 1. The third kappa shape index (κ3) is 3.00. The number of methoxy groups -OCH3 is 1. The molecule has 0 aliphatic carbocycles. The van der Waals surface area contributed by atoms with Crippen molar-refractivity contribution >= 4 is 0 Å². The molecule has 5 nitrogen and oxygen atoms in total. The van der Waals surface area contributed by atoms with E-state index in [1.54, 1.807) is 18.0 Å². The second kappa shape index (κ2) is 6.45. The third-order valence-corrected chi connectivity index (χ3v) is 3.18. The van der Waals surface area contributed by atoms with Gasteiger partial charge in [0.15, 0.2) is 0 Å². The van der Waals surface area contributed by atoms with Crippen LogP contribution in [0, 0.1) is 0 Å². The fourth-order valence-electron chi connectivity index (χ4n) is 2.27. The largest absolute Gasteiger partial charge is 0.375 e. The molecule has 1 aromatic carbocycles. The summed E-state index contributed by atoms with van der Waals surface area (Å²) in [6.45, 7) is 2.93. The zero-order valence-corrected chi connectivity index (χ0v) is 11.6. The predicted molar refractivity (Wildman–Crippen MR) is 73.6 cm³/mol. The monoisotopic (exact) mass is 260 g/mol. The van der Waals surface area contributed by atoms with Crippen molar-refractivity contribution in [1.82, 2.24) is 20.3 Å². The summed E-state index contributed by atoms with van der Waals surface area (Å²) in [6, 6.07) is 10.2. The summed E-state index contributed by atoms with van der Waals surface area (Å²) in [5.41, 5.74) is 2.15. The van der Waals surface area contributed by atoms with Crippen LogP contribution in [0.1, 0.15) is 30.3 Å². The smallest absolute Gasteiger partial charge is 0.103 e. The zero-order chi connectivity index (χ0) is 13.7. The van der Waals surface area contributed by atoms with E-state index in [0.717, 1.165) is 17.8 Å². The van der Waals surface area contributed by atoms with Gasteiger partial charge in [-0.15, -0.1) is 5.10 Å². The van der Waals surface area contributed by atoms with E-state index >= 15 is 0 Å². The molecule has 0 amide bonds. The van der Waals surface area contributed by atoms with Gasteiger partial charge in [-0.25, -0.2) is 0 Å². The summed E-state index contributed by atoms with van der Waals surface area (Å²) in [5, 5.41) is 11.4. The SMILES string of the molecule is CCNC(c1cnnn1C)C(OC)c1ccccc1. The van der Waals surface area contributed by atoms with E-state index < -0.39 is 0 Å². The molecule has 1 N–H and O–H groups in total. The maximum Gasteiger partial charge on any atom is 0.103 e. The van der Waals surface area contributed by atoms with Gasteiger partial charge < -0.3 is 10.1 Å². The molecule has 0 fully saturated rings. The van der Waals surface area contributed by atoms with Gasteiger partial charge in [0.2, 0.25) is 0 Å². The molecule has 0 saturated carbocycles. The number of nitrogens with one attached hydrogen (secondary N) is 1. The first-order valence-electron chi connectivity index (χ1n) is 6.43. The van der Waals surface area contributed by atoms with Gasteiger partial charge in [0.25, 0.3) is 0 Å². The van der Waals surface area contributed by atoms with Crippen LogP contribution in [0.15, 0.2) is 36.5 Å². The molecule has 0 bridgehead atoms. The first-order valence-corrected chi connectivity index (χ1v) is 6.43. The average molecular weight is 260 g/mol. The maximum atomic E-state index is 5.70. The van der Waals surface area contributed by atoms with Crippen molar-refractivity contribution in [2.24, 2.45) is 7.05 Å². The van der Waals surface area contributed by atoms with Crippen molar-refractivity contribution in [3.8, 4) is 0 Å². The van der Waals surface area contributed by atoms with Gasteiger partial charge in [-0.2, -0.15) is 0 Å². The van der Waals surface area contributed by atoms with Crippen molar-refractivity contribution in [2.75, 3.05) is 13.7 Å². The lowest BCUT2D eigenvalue weighted by Crippen LogP contribution is -2.29. The Kier molecular flexibility index (Phi) is 4.65. The number of nitrogens with zero attached hydrogens (tertiary/aromatic N) is 3. The molecule has 0 aliphatic heterocycles. The molecule has 0 saturated heterocycles. The van der Waals surface area contributed by atoms with Crippen LogP contribution in [0.5, 0.6) is 0 Å². The van der Waals surface area contributed by atoms with Crippen molar-refractivity contribution in [3.05, 3.63) is 47.8 Å². The normalized spacial score (nSPS) is 14.3. The number of rotatable bonds is 6. The van der Waals surface area contributed by atoms with Gasteiger partial charge in [0.05, 0.1) is 17.9 Å². The van der Waals surface area contributed by atoms with Crippen molar-refractivity contribution in [1.29, 1.82) is 0 Å². The van der Waals surface area contributed by atoms with E-state index in [4.69, 9.17) is 4.74 Å². The fraction of sp³-hybridized carbons (Fsp3) is 0.429. The van der Waals surface area contributed by atoms with E-state index in [9.17, 15) is 0 Å². The minimum absolute atomic E-state index is 0.0254. The summed E-state index contributed by atoms with van der Waals surface area (Å²) in [4.78, 5) is 0. The van der Waals surface area contributed by atoms with Gasteiger partial charge in [0.1, 0.15) is 6.10 Å². The van der Waals surface area contributed by atoms with Crippen LogP contribution in [0.25, 0.3) is 0 Å². The van der Waals surface area contributed by atoms with Crippen LogP contribution in [0.4, 0.5) is 0 Å². The highest BCUT2D eigenvalue weighted by Crippen LogP contribution is 2.30. The molecule has 0 spiro atoms. The number of benzene rings is 1. The number of aryl methyl sites for hydroxylation is 1. The lowest BCUT2D eigenvalue weighted by Gasteiger charge is -2.26. The molecule has 1 aromatic heterocycles. The van der Waals surface area contributed by atoms with Crippen LogP contribution in [0.3, 0.4) is 0 Å². The molecule has 5 heteroatoms. The van der Waals surface area contributed by atoms with Gasteiger partial charge in [-0.1, -0.05) is 42.5 Å². The molecule has 1 heterocycles. The first kappa shape index (κ1) is 13.7. The Morgan fingerprint density at radius 3 is 2.58 bits per heavy atom. The zero-order valence-electron chi connectivity index (χ0n) is 11.6. The Balaban J connectivity index is 2.34. The van der Waals surface area contributed by atoms with Crippen molar-refractivity contribution in [3.63, 3.8) is 0 Å². The van der Waals surface area contributed by atoms with Gasteiger partial charge in [-0.05, 0) is 12.1 Å². The Hall–Kier alpha value is -1.72. The molecule has 102 valence electrons. The van der Waals surface area contributed by atoms with Crippen molar-refractivity contribution in [2.45, 2.75) is 19.1 Å². The standard InChI is InChI=1S/C14H20N4O/c1-4-15-13(12-10-16-17-18(12)2)14(19-3)11-8-6-5-7-9-11/h5-10,13-15H,4H2,1-3H3. The van der Waals surface area contributed by atoms with Crippen LogP contribution in [0.2, 0.25) is 0 Å². The quantitative estimate of drug-likeness (QED) is 0.861. The molecule has 2 unspecified atom stereocenters. The highest BCUT2D eigenvalue weighted by Gasteiger charge is 2.26. The second-order valence-electron chi connectivity index (χ2n) is 4.38. The summed E-state index contributed by atoms with van der Waals surface area (Å²) in [6.07, 6.45) is 1.71. The third-order valence-electron chi connectivity index (χ3n) is 3.18. The summed E-state index contributed by atoms with van der Waals surface area (Å²) < 4.78 is 7.48. The average Bonchev–Trinajstić information content (AvgIpc) is 2.86. The minimum atomic E-state index is -0.0710. The molecule has 2 rings (SSSR count). The number of likely N-dealkylation sites (N-methyl/N-ethyl adjacent to an activating group) is 1. The first-order chi connectivity index (χ1) is 9.27. The topological polar surface area (TPSA) is 52.0 Å². The molecule has 2 aromatic rings. The second-order valence-corrected chi connectivity index (χ2v) is 4.38. The Bertz CT molecular complexity index is 497.